The summed E-state index contributed by atoms with van der Waals surface area (Å²) in [5.74, 6) is -1.000. The van der Waals surface area contributed by atoms with Crippen LogP contribution in [0.15, 0.2) is 53.4 Å². The monoisotopic (exact) mass is 592 g/mol. The number of sulfonamides is 1. The Labute approximate surface area is 238 Å². The second kappa shape index (κ2) is 11.8. The average Bonchev–Trinajstić information content (AvgIpc) is 3.26. The van der Waals surface area contributed by atoms with E-state index >= 15 is 0 Å². The number of hydrogen-bond donors (Lipinski definition) is 1. The van der Waals surface area contributed by atoms with Crippen LogP contribution < -0.4 is 9.62 Å². The molecule has 2 aromatic rings. The lowest BCUT2D eigenvalue weighted by molar-refractivity contribution is -0.387. The molecule has 0 saturated carbocycles. The Balaban J connectivity index is 1.64. The van der Waals surface area contributed by atoms with Crippen molar-refractivity contribution >= 4 is 44.9 Å². The van der Waals surface area contributed by atoms with Crippen molar-refractivity contribution in [3.63, 3.8) is 0 Å². The smallest absolute Gasteiger partial charge is 0.309 e. The molecule has 1 amide bonds. The topological polar surface area (TPSA) is 139 Å². The van der Waals surface area contributed by atoms with Crippen molar-refractivity contribution in [3.05, 3.63) is 63.7 Å². The minimum Gasteiger partial charge on any atom is -0.460 e. The number of ether oxygens (including phenoxy) is 1. The largest absolute Gasteiger partial charge is 0.460 e. The van der Waals surface area contributed by atoms with E-state index in [1.54, 1.807) is 29.2 Å². The molecule has 2 saturated heterocycles. The quantitative estimate of drug-likeness (QED) is 0.250. The van der Waals surface area contributed by atoms with Gasteiger partial charge in [0.05, 0.1) is 34.1 Å². The van der Waals surface area contributed by atoms with Crippen LogP contribution in [-0.4, -0.2) is 67.4 Å². The Bertz CT molecular complexity index is 1400. The molecule has 0 unspecified atom stereocenters. The Hall–Kier alpha value is -3.06. The molecule has 11 nitrogen and oxygen atoms in total. The molecule has 3 atom stereocenters. The van der Waals surface area contributed by atoms with Crippen molar-refractivity contribution in [2.75, 3.05) is 24.5 Å². The average molecular weight is 593 g/mol. The molecule has 2 aliphatic rings. The summed E-state index contributed by atoms with van der Waals surface area (Å²) in [5, 5.41) is 12.0. The molecule has 2 fully saturated rings. The van der Waals surface area contributed by atoms with Gasteiger partial charge in [-0.05, 0) is 44.9 Å². The Morgan fingerprint density at radius 1 is 1.18 bits per heavy atom. The number of nitro groups is 1. The van der Waals surface area contributed by atoms with Gasteiger partial charge in [-0.1, -0.05) is 49.2 Å². The highest BCUT2D eigenvalue weighted by atomic mass is 35.5. The summed E-state index contributed by atoms with van der Waals surface area (Å²) in [6, 6.07) is 11.1. The fourth-order valence-electron chi connectivity index (χ4n) is 5.31. The van der Waals surface area contributed by atoms with Crippen molar-refractivity contribution in [1.29, 1.82) is 0 Å². The van der Waals surface area contributed by atoms with Gasteiger partial charge in [-0.25, -0.2) is 13.1 Å². The number of nitrogens with one attached hydrogen (secondary N) is 1. The fraction of sp³-hybridized carbons (Fsp3) is 0.481. The summed E-state index contributed by atoms with van der Waals surface area (Å²) >= 11 is 6.36. The minimum atomic E-state index is -4.40. The number of nitrogens with zero attached hydrogens (tertiary/aromatic N) is 3. The molecule has 2 heterocycles. The zero-order chi connectivity index (χ0) is 29.2. The molecule has 13 heteroatoms. The predicted octanol–water partition coefficient (Wildman–Crippen LogP) is 3.75. The van der Waals surface area contributed by atoms with Gasteiger partial charge in [0.25, 0.3) is 5.69 Å². The normalized spacial score (nSPS) is 22.2. The van der Waals surface area contributed by atoms with Crippen LogP contribution in [-0.2, 0) is 24.3 Å². The highest BCUT2D eigenvalue weighted by Gasteiger charge is 2.45. The zero-order valence-electron chi connectivity index (χ0n) is 22.6. The van der Waals surface area contributed by atoms with Gasteiger partial charge in [-0.3, -0.25) is 24.6 Å². The molecule has 40 heavy (non-hydrogen) atoms. The van der Waals surface area contributed by atoms with Crippen molar-refractivity contribution in [2.24, 2.45) is 5.92 Å². The second-order valence-electron chi connectivity index (χ2n) is 10.8. The van der Waals surface area contributed by atoms with Crippen LogP contribution in [0.1, 0.15) is 40.0 Å². The van der Waals surface area contributed by atoms with Crippen LogP contribution in [0.2, 0.25) is 5.02 Å². The zero-order valence-corrected chi connectivity index (χ0v) is 24.2. The van der Waals surface area contributed by atoms with E-state index < -0.39 is 49.2 Å². The Morgan fingerprint density at radius 3 is 2.52 bits per heavy atom. The van der Waals surface area contributed by atoms with Crippen LogP contribution in [0, 0.1) is 16.0 Å². The molecule has 1 N–H and O–H groups in total. The van der Waals surface area contributed by atoms with E-state index in [0.717, 1.165) is 18.6 Å². The number of piperazine rings is 1. The third-order valence-electron chi connectivity index (χ3n) is 7.45. The summed E-state index contributed by atoms with van der Waals surface area (Å²) in [6.07, 6.45) is 0.837. The third kappa shape index (κ3) is 6.30. The van der Waals surface area contributed by atoms with Crippen molar-refractivity contribution in [3.8, 4) is 0 Å². The predicted molar refractivity (Wildman–Crippen MR) is 150 cm³/mol. The van der Waals surface area contributed by atoms with E-state index in [0.29, 0.717) is 23.6 Å². The van der Waals surface area contributed by atoms with Crippen molar-refractivity contribution in [2.45, 2.75) is 62.6 Å². The molecule has 2 aromatic carbocycles. The third-order valence-corrected chi connectivity index (χ3v) is 9.31. The van der Waals surface area contributed by atoms with E-state index in [9.17, 15) is 28.1 Å². The highest BCUT2D eigenvalue weighted by Crippen LogP contribution is 2.34. The van der Waals surface area contributed by atoms with E-state index in [1.807, 2.05) is 25.7 Å². The number of rotatable bonds is 10. The maximum Gasteiger partial charge on any atom is 0.309 e. The lowest BCUT2D eigenvalue weighted by Crippen LogP contribution is -2.65. The molecule has 0 radical (unpaired) electrons. The van der Waals surface area contributed by atoms with E-state index in [1.165, 1.54) is 12.1 Å². The summed E-state index contributed by atoms with van der Waals surface area (Å²) in [4.78, 5) is 39.6. The molecule has 216 valence electrons. The minimum absolute atomic E-state index is 0.0335. The first-order chi connectivity index (χ1) is 18.8. The van der Waals surface area contributed by atoms with Gasteiger partial charge in [0.1, 0.15) is 6.10 Å². The van der Waals surface area contributed by atoms with Gasteiger partial charge >= 0.3 is 5.97 Å². The van der Waals surface area contributed by atoms with Crippen LogP contribution in [0.25, 0.3) is 0 Å². The number of cyclic esters (lactones) is 1. The molecule has 4 rings (SSSR count). The molecule has 2 aliphatic heterocycles. The van der Waals surface area contributed by atoms with Gasteiger partial charge in [0.2, 0.25) is 15.9 Å². The number of benzene rings is 2. The number of esters is 1. The number of nitro benzene ring substituents is 1. The van der Waals surface area contributed by atoms with Crippen molar-refractivity contribution < 1.29 is 27.7 Å². The summed E-state index contributed by atoms with van der Waals surface area (Å²) < 4.78 is 35.2. The van der Waals surface area contributed by atoms with Crippen LogP contribution in [0.4, 0.5) is 11.4 Å². The summed E-state index contributed by atoms with van der Waals surface area (Å²) in [7, 11) is -4.40. The van der Waals surface area contributed by atoms with Crippen LogP contribution in [0.3, 0.4) is 0 Å². The maximum absolute atomic E-state index is 13.5. The van der Waals surface area contributed by atoms with E-state index in [2.05, 4.69) is 4.72 Å². The molecule has 0 aliphatic carbocycles. The lowest BCUT2D eigenvalue weighted by atomic mass is 9.94. The number of carbonyl (C=O) groups excluding carboxylic acids is 2. The molecular weight excluding hydrogens is 560 g/mol. The lowest BCUT2D eigenvalue weighted by Gasteiger charge is -2.48. The second-order valence-corrected chi connectivity index (χ2v) is 12.9. The van der Waals surface area contributed by atoms with E-state index in [-0.39, 0.29) is 31.5 Å². The summed E-state index contributed by atoms with van der Waals surface area (Å²) in [6.45, 7) is 6.08. The summed E-state index contributed by atoms with van der Waals surface area (Å²) in [5.41, 5.74) is -0.603. The van der Waals surface area contributed by atoms with Crippen molar-refractivity contribution in [1.82, 2.24) is 9.62 Å². The highest BCUT2D eigenvalue weighted by molar-refractivity contribution is 7.89. The first kappa shape index (κ1) is 29.9. The molecule has 0 bridgehead atoms. The molecule has 0 spiro atoms. The van der Waals surface area contributed by atoms with Gasteiger partial charge in [0, 0.05) is 24.7 Å². The Morgan fingerprint density at radius 2 is 1.85 bits per heavy atom. The number of amides is 1. The number of halogens is 1. The first-order valence-electron chi connectivity index (χ1n) is 13.1. The van der Waals surface area contributed by atoms with Gasteiger partial charge in [-0.15, -0.1) is 0 Å². The van der Waals surface area contributed by atoms with E-state index in [4.69, 9.17) is 16.3 Å². The Kier molecular flexibility index (Phi) is 8.83. The SMILES string of the molecule is CCC[C@@H]1C[C@@H]([C@H](CN2CC(=O)N(c3ccccc3Cl)CC2(C)C)NS(=O)(=O)c2ccccc2[N+](=O)[O-])OC1=O. The standard InChI is InChI=1S/C27H33ClN4O7S/c1-4-9-18-14-23(39-26(18)34)20(29-40(37,38)24-13-8-7-12-22(24)32(35)36)15-30-16-25(33)31(17-27(30,2)3)21-11-6-5-10-19(21)28/h5-8,10-13,18,20,23,29H,4,9,14-17H2,1-3H3/t18-,20+,23+/m1/s1. The first-order valence-corrected chi connectivity index (χ1v) is 15.0. The number of anilines is 1. The number of hydrogen-bond acceptors (Lipinski definition) is 8. The number of carbonyl (C=O) groups is 2. The van der Waals surface area contributed by atoms with Crippen LogP contribution >= 0.6 is 11.6 Å². The number of para-hydroxylation sites is 2. The molecular formula is C27H33ClN4O7S. The fourth-order valence-corrected chi connectivity index (χ4v) is 6.97. The maximum atomic E-state index is 13.5. The van der Waals surface area contributed by atoms with Gasteiger partial charge in [0.15, 0.2) is 4.90 Å². The van der Waals surface area contributed by atoms with Gasteiger partial charge in [-0.2, -0.15) is 0 Å². The molecule has 0 aromatic heterocycles. The van der Waals surface area contributed by atoms with Gasteiger partial charge < -0.3 is 9.64 Å². The van der Waals surface area contributed by atoms with Crippen LogP contribution in [0.5, 0.6) is 0 Å².